The molecule has 1 aliphatic heterocycles. The van der Waals surface area contributed by atoms with Crippen LogP contribution in [0.5, 0.6) is 0 Å². The molecule has 1 rings (SSSR count). The van der Waals surface area contributed by atoms with Crippen LogP contribution in [0.25, 0.3) is 0 Å². The van der Waals surface area contributed by atoms with Gasteiger partial charge >= 0.3 is 0 Å². The highest BCUT2D eigenvalue weighted by Gasteiger charge is 2.28. The normalized spacial score (nSPS) is 19.0. The van der Waals surface area contributed by atoms with Crippen LogP contribution >= 0.6 is 0 Å². The Morgan fingerprint density at radius 1 is 1.23 bits per heavy atom. The van der Waals surface area contributed by atoms with Gasteiger partial charge in [-0.05, 0) is 25.2 Å². The van der Waals surface area contributed by atoms with Crippen LogP contribution in [0.1, 0.15) is 58.8 Å². The number of carbonyl (C=O) groups excluding carboxylic acids is 1. The second-order valence-electron chi connectivity index (χ2n) is 6.59. The van der Waals surface area contributed by atoms with Crippen molar-refractivity contribution in [3.8, 4) is 0 Å². The molecule has 0 saturated carbocycles. The molecule has 0 aliphatic carbocycles. The fourth-order valence-electron chi connectivity index (χ4n) is 2.80. The second-order valence-corrected chi connectivity index (χ2v) is 8.57. The SMILES string of the molecule is CCC(C)CCCCCNC(=O)C1CCN(S(C)(=O)=O)CC1. The molecule has 1 amide bonds. The number of amides is 1. The van der Waals surface area contributed by atoms with Gasteiger partial charge in [-0.2, -0.15) is 0 Å². The Kier molecular flexibility index (Phi) is 8.39. The van der Waals surface area contributed by atoms with Gasteiger partial charge in [-0.15, -0.1) is 0 Å². The summed E-state index contributed by atoms with van der Waals surface area (Å²) >= 11 is 0. The minimum atomic E-state index is -3.11. The average molecular weight is 333 g/mol. The molecule has 1 atom stereocenters. The van der Waals surface area contributed by atoms with E-state index in [-0.39, 0.29) is 11.8 Å². The van der Waals surface area contributed by atoms with E-state index in [0.717, 1.165) is 25.3 Å². The highest BCUT2D eigenvalue weighted by atomic mass is 32.2. The minimum absolute atomic E-state index is 0.0295. The maximum absolute atomic E-state index is 12.1. The molecule has 1 heterocycles. The van der Waals surface area contributed by atoms with Crippen LogP contribution in [0, 0.1) is 11.8 Å². The number of hydrogen-bond donors (Lipinski definition) is 1. The molecule has 5 nitrogen and oxygen atoms in total. The Bertz CT molecular complexity index is 429. The van der Waals surface area contributed by atoms with Crippen molar-refractivity contribution in [2.24, 2.45) is 11.8 Å². The third-order valence-corrected chi connectivity index (χ3v) is 5.97. The lowest BCUT2D eigenvalue weighted by molar-refractivity contribution is -0.126. The molecule has 0 aromatic rings. The van der Waals surface area contributed by atoms with E-state index in [1.165, 1.54) is 29.8 Å². The Hall–Kier alpha value is -0.620. The van der Waals surface area contributed by atoms with Crippen molar-refractivity contribution in [3.63, 3.8) is 0 Å². The van der Waals surface area contributed by atoms with E-state index >= 15 is 0 Å². The summed E-state index contributed by atoms with van der Waals surface area (Å²) in [6, 6.07) is 0. The van der Waals surface area contributed by atoms with E-state index in [2.05, 4.69) is 19.2 Å². The van der Waals surface area contributed by atoms with Crippen molar-refractivity contribution in [1.29, 1.82) is 0 Å². The van der Waals surface area contributed by atoms with Crippen molar-refractivity contribution in [1.82, 2.24) is 9.62 Å². The van der Waals surface area contributed by atoms with Gasteiger partial charge in [-0.1, -0.05) is 39.5 Å². The van der Waals surface area contributed by atoms with Crippen molar-refractivity contribution in [3.05, 3.63) is 0 Å². The molecule has 0 radical (unpaired) electrons. The van der Waals surface area contributed by atoms with Crippen LogP contribution in [0.15, 0.2) is 0 Å². The largest absolute Gasteiger partial charge is 0.356 e. The summed E-state index contributed by atoms with van der Waals surface area (Å²) in [7, 11) is -3.11. The van der Waals surface area contributed by atoms with Crippen LogP contribution in [0.2, 0.25) is 0 Å². The zero-order chi connectivity index (χ0) is 16.6. The number of nitrogens with zero attached hydrogens (tertiary/aromatic N) is 1. The predicted octanol–water partition coefficient (Wildman–Crippen LogP) is 2.38. The summed E-state index contributed by atoms with van der Waals surface area (Å²) in [5.74, 6) is 0.864. The zero-order valence-electron chi connectivity index (χ0n) is 14.3. The quantitative estimate of drug-likeness (QED) is 0.659. The van der Waals surface area contributed by atoms with E-state index in [4.69, 9.17) is 0 Å². The van der Waals surface area contributed by atoms with Crippen LogP contribution in [-0.2, 0) is 14.8 Å². The van der Waals surface area contributed by atoms with E-state index in [1.54, 1.807) is 0 Å². The van der Waals surface area contributed by atoms with Crippen LogP contribution in [0.4, 0.5) is 0 Å². The molecule has 0 bridgehead atoms. The fraction of sp³-hybridized carbons (Fsp3) is 0.938. The van der Waals surface area contributed by atoms with Gasteiger partial charge in [0.15, 0.2) is 0 Å². The molecule has 1 aliphatic rings. The molecular formula is C16H32N2O3S. The van der Waals surface area contributed by atoms with Gasteiger partial charge in [-0.25, -0.2) is 12.7 Å². The number of sulfonamides is 1. The number of nitrogens with one attached hydrogen (secondary N) is 1. The molecule has 0 aromatic carbocycles. The maximum Gasteiger partial charge on any atom is 0.223 e. The van der Waals surface area contributed by atoms with Gasteiger partial charge < -0.3 is 5.32 Å². The van der Waals surface area contributed by atoms with Crippen molar-refractivity contribution in [2.45, 2.75) is 58.8 Å². The van der Waals surface area contributed by atoms with Gasteiger partial charge in [0.1, 0.15) is 0 Å². The topological polar surface area (TPSA) is 66.5 Å². The lowest BCUT2D eigenvalue weighted by atomic mass is 9.97. The monoisotopic (exact) mass is 332 g/mol. The van der Waals surface area contributed by atoms with Crippen LogP contribution in [0.3, 0.4) is 0 Å². The third kappa shape index (κ3) is 7.09. The Morgan fingerprint density at radius 3 is 2.41 bits per heavy atom. The maximum atomic E-state index is 12.1. The minimum Gasteiger partial charge on any atom is -0.356 e. The van der Waals surface area contributed by atoms with E-state index in [1.807, 2.05) is 0 Å². The first-order chi connectivity index (χ1) is 10.3. The van der Waals surface area contributed by atoms with Crippen LogP contribution < -0.4 is 5.32 Å². The smallest absolute Gasteiger partial charge is 0.223 e. The van der Waals surface area contributed by atoms with Gasteiger partial charge in [0.25, 0.3) is 0 Å². The number of unbranched alkanes of at least 4 members (excludes halogenated alkanes) is 2. The summed E-state index contributed by atoms with van der Waals surface area (Å²) in [4.78, 5) is 12.1. The fourth-order valence-corrected chi connectivity index (χ4v) is 3.68. The van der Waals surface area contributed by atoms with Gasteiger partial charge in [0.05, 0.1) is 6.26 Å². The Balaban J connectivity index is 2.12. The summed E-state index contributed by atoms with van der Waals surface area (Å²) in [6.07, 6.45) is 8.43. The molecule has 0 aromatic heterocycles. The second kappa shape index (κ2) is 9.50. The molecule has 1 saturated heterocycles. The lowest BCUT2D eigenvalue weighted by Gasteiger charge is -2.29. The average Bonchev–Trinajstić information content (AvgIpc) is 2.49. The number of hydrogen-bond acceptors (Lipinski definition) is 3. The highest BCUT2D eigenvalue weighted by Crippen LogP contribution is 2.19. The highest BCUT2D eigenvalue weighted by molar-refractivity contribution is 7.88. The molecular weight excluding hydrogens is 300 g/mol. The van der Waals surface area contributed by atoms with Gasteiger partial charge in [0.2, 0.25) is 15.9 Å². The van der Waals surface area contributed by atoms with E-state index in [0.29, 0.717) is 25.9 Å². The van der Waals surface area contributed by atoms with Gasteiger partial charge in [-0.3, -0.25) is 4.79 Å². The zero-order valence-corrected chi connectivity index (χ0v) is 15.1. The summed E-state index contributed by atoms with van der Waals surface area (Å²) in [5, 5.41) is 3.00. The predicted molar refractivity (Wildman–Crippen MR) is 90.1 cm³/mol. The lowest BCUT2D eigenvalue weighted by Crippen LogP contribution is -2.42. The number of piperidine rings is 1. The van der Waals surface area contributed by atoms with E-state index in [9.17, 15) is 13.2 Å². The summed E-state index contributed by atoms with van der Waals surface area (Å²) < 4.78 is 24.3. The number of rotatable bonds is 9. The first-order valence-corrected chi connectivity index (χ1v) is 10.4. The first-order valence-electron chi connectivity index (χ1n) is 8.57. The van der Waals surface area contributed by atoms with E-state index < -0.39 is 10.0 Å². The molecule has 0 spiro atoms. The molecule has 1 N–H and O–H groups in total. The third-order valence-electron chi connectivity index (χ3n) is 4.66. The van der Waals surface area contributed by atoms with Crippen molar-refractivity contribution >= 4 is 15.9 Å². The first kappa shape index (κ1) is 19.4. The molecule has 1 fully saturated rings. The van der Waals surface area contributed by atoms with Crippen molar-refractivity contribution in [2.75, 3.05) is 25.9 Å². The Labute approximate surface area is 135 Å². The standard InChI is InChI=1S/C16H32N2O3S/c1-4-14(2)8-6-5-7-11-17-16(19)15-9-12-18(13-10-15)22(3,20)21/h14-15H,4-13H2,1-3H3,(H,17,19). The molecule has 22 heavy (non-hydrogen) atoms. The molecule has 130 valence electrons. The molecule has 6 heteroatoms. The van der Waals surface area contributed by atoms with Crippen LogP contribution in [-0.4, -0.2) is 44.5 Å². The Morgan fingerprint density at radius 2 is 1.86 bits per heavy atom. The molecule has 1 unspecified atom stereocenters. The number of carbonyl (C=O) groups is 1. The van der Waals surface area contributed by atoms with Crippen molar-refractivity contribution < 1.29 is 13.2 Å². The summed E-state index contributed by atoms with van der Waals surface area (Å²) in [6.45, 7) is 6.17. The van der Waals surface area contributed by atoms with Gasteiger partial charge in [0, 0.05) is 25.6 Å². The summed E-state index contributed by atoms with van der Waals surface area (Å²) in [5.41, 5.74) is 0.